The summed E-state index contributed by atoms with van der Waals surface area (Å²) in [6, 6.07) is 3.80. The fourth-order valence-corrected chi connectivity index (χ4v) is 2.69. The van der Waals surface area contributed by atoms with Crippen LogP contribution in [-0.4, -0.2) is 36.0 Å². The Morgan fingerprint density at radius 1 is 1.45 bits per heavy atom. The first kappa shape index (κ1) is 14.3. The Kier molecular flexibility index (Phi) is 3.66. The fraction of sp³-hybridized carbons (Fsp3) is 0.312. The molecule has 0 bridgehead atoms. The van der Waals surface area contributed by atoms with Gasteiger partial charge in [0.1, 0.15) is 5.56 Å². The molecular formula is C16H18N4O2. The molecule has 6 heteroatoms. The van der Waals surface area contributed by atoms with Crippen LogP contribution in [0.1, 0.15) is 40.4 Å². The SMILES string of the molecule is CN/C=C(\C=N)c1ccc2c(C(=O)OC)cnn2c1C1CC1. The van der Waals surface area contributed by atoms with Gasteiger partial charge >= 0.3 is 5.97 Å². The largest absolute Gasteiger partial charge is 0.465 e. The molecule has 22 heavy (non-hydrogen) atoms. The van der Waals surface area contributed by atoms with E-state index < -0.39 is 0 Å². The third-order valence-electron chi connectivity index (χ3n) is 3.85. The van der Waals surface area contributed by atoms with Gasteiger partial charge in [-0.3, -0.25) is 0 Å². The first-order chi connectivity index (χ1) is 10.7. The van der Waals surface area contributed by atoms with Crippen molar-refractivity contribution in [1.82, 2.24) is 14.9 Å². The number of methoxy groups -OCH3 is 1. The molecule has 2 aromatic rings. The summed E-state index contributed by atoms with van der Waals surface area (Å²) in [6.45, 7) is 0. The Bertz CT molecular complexity index is 772. The van der Waals surface area contributed by atoms with Crippen molar-refractivity contribution in [3.8, 4) is 0 Å². The normalized spacial score (nSPS) is 14.9. The van der Waals surface area contributed by atoms with Crippen molar-refractivity contribution < 1.29 is 9.53 Å². The van der Waals surface area contributed by atoms with E-state index >= 15 is 0 Å². The second-order valence-corrected chi connectivity index (χ2v) is 5.29. The molecule has 0 amide bonds. The zero-order valence-corrected chi connectivity index (χ0v) is 12.6. The van der Waals surface area contributed by atoms with Gasteiger partial charge in [-0.05, 0) is 18.9 Å². The summed E-state index contributed by atoms with van der Waals surface area (Å²) in [4.78, 5) is 11.8. The summed E-state index contributed by atoms with van der Waals surface area (Å²) in [7, 11) is 3.17. The molecule has 1 fully saturated rings. The number of nitrogens with zero attached hydrogens (tertiary/aromatic N) is 2. The zero-order valence-electron chi connectivity index (χ0n) is 12.6. The molecule has 2 aromatic heterocycles. The minimum atomic E-state index is -0.387. The van der Waals surface area contributed by atoms with Crippen molar-refractivity contribution in [2.24, 2.45) is 0 Å². The van der Waals surface area contributed by atoms with Crippen molar-refractivity contribution in [1.29, 1.82) is 5.41 Å². The molecule has 1 aliphatic rings. The Morgan fingerprint density at radius 3 is 2.82 bits per heavy atom. The van der Waals surface area contributed by atoms with Crippen LogP contribution in [0.4, 0.5) is 0 Å². The van der Waals surface area contributed by atoms with Crippen molar-refractivity contribution >= 4 is 23.3 Å². The minimum Gasteiger partial charge on any atom is -0.465 e. The van der Waals surface area contributed by atoms with Crippen LogP contribution in [0.5, 0.6) is 0 Å². The second-order valence-electron chi connectivity index (χ2n) is 5.29. The lowest BCUT2D eigenvalue weighted by Crippen LogP contribution is -2.06. The standard InChI is InChI=1S/C16H18N4O2/c1-18-8-11(7-17)12-5-6-14-13(16(21)22-2)9-19-20(14)15(12)10-3-4-10/h5-10,17-18H,3-4H2,1-2H3/b11-8+,17-7?. The van der Waals surface area contributed by atoms with Gasteiger partial charge in [0.25, 0.3) is 0 Å². The van der Waals surface area contributed by atoms with Gasteiger partial charge in [-0.2, -0.15) is 5.10 Å². The van der Waals surface area contributed by atoms with Crippen molar-refractivity contribution in [2.45, 2.75) is 18.8 Å². The number of rotatable bonds is 5. The number of fused-ring (bicyclic) bond motifs is 1. The molecule has 0 aromatic carbocycles. The number of carbonyl (C=O) groups excluding carboxylic acids is 1. The summed E-state index contributed by atoms with van der Waals surface area (Å²) < 4.78 is 6.62. The molecule has 3 rings (SSSR count). The van der Waals surface area contributed by atoms with Gasteiger partial charge in [-0.25, -0.2) is 9.31 Å². The quantitative estimate of drug-likeness (QED) is 0.655. The van der Waals surface area contributed by atoms with E-state index in [4.69, 9.17) is 10.1 Å². The molecule has 114 valence electrons. The van der Waals surface area contributed by atoms with E-state index in [0.29, 0.717) is 11.5 Å². The maximum absolute atomic E-state index is 11.8. The van der Waals surface area contributed by atoms with Gasteiger partial charge in [0.05, 0.1) is 24.5 Å². The average Bonchev–Trinajstić information content (AvgIpc) is 3.29. The number of hydrogen-bond acceptors (Lipinski definition) is 5. The maximum Gasteiger partial charge on any atom is 0.341 e. The van der Waals surface area contributed by atoms with Crippen LogP contribution >= 0.6 is 0 Å². The van der Waals surface area contributed by atoms with Crippen LogP contribution < -0.4 is 5.32 Å². The van der Waals surface area contributed by atoms with E-state index in [1.54, 1.807) is 12.4 Å². The fourth-order valence-electron chi connectivity index (χ4n) is 2.69. The van der Waals surface area contributed by atoms with Crippen LogP contribution in [0.3, 0.4) is 0 Å². The molecule has 0 atom stereocenters. The predicted octanol–water partition coefficient (Wildman–Crippen LogP) is 2.21. The highest BCUT2D eigenvalue weighted by Crippen LogP contribution is 2.43. The van der Waals surface area contributed by atoms with E-state index in [0.717, 1.165) is 35.2 Å². The Morgan fingerprint density at radius 2 is 2.23 bits per heavy atom. The minimum absolute atomic E-state index is 0.387. The second kappa shape index (κ2) is 5.63. The molecule has 0 aliphatic heterocycles. The number of pyridine rings is 1. The molecule has 6 nitrogen and oxygen atoms in total. The van der Waals surface area contributed by atoms with E-state index in [-0.39, 0.29) is 5.97 Å². The van der Waals surface area contributed by atoms with E-state index in [1.807, 2.05) is 23.7 Å². The maximum atomic E-state index is 11.8. The lowest BCUT2D eigenvalue weighted by atomic mass is 10.0. The van der Waals surface area contributed by atoms with E-state index in [9.17, 15) is 4.79 Å². The molecule has 2 N–H and O–H groups in total. The van der Waals surface area contributed by atoms with Gasteiger partial charge < -0.3 is 15.5 Å². The van der Waals surface area contributed by atoms with Gasteiger partial charge in [-0.15, -0.1) is 0 Å². The highest BCUT2D eigenvalue weighted by molar-refractivity contribution is 6.09. The monoisotopic (exact) mass is 298 g/mol. The Hall–Kier alpha value is -2.63. The highest BCUT2D eigenvalue weighted by atomic mass is 16.5. The third-order valence-corrected chi connectivity index (χ3v) is 3.85. The number of nitrogens with one attached hydrogen (secondary N) is 2. The van der Waals surface area contributed by atoms with Gasteiger partial charge in [0.2, 0.25) is 0 Å². The lowest BCUT2D eigenvalue weighted by Gasteiger charge is -2.12. The number of carbonyl (C=O) groups is 1. The summed E-state index contributed by atoms with van der Waals surface area (Å²) in [5, 5.41) is 15.0. The molecule has 0 unspecified atom stereocenters. The Labute approximate surface area is 128 Å². The first-order valence-corrected chi connectivity index (χ1v) is 7.18. The average molecular weight is 298 g/mol. The molecule has 1 saturated carbocycles. The van der Waals surface area contributed by atoms with E-state index in [1.165, 1.54) is 13.3 Å². The summed E-state index contributed by atoms with van der Waals surface area (Å²) >= 11 is 0. The summed E-state index contributed by atoms with van der Waals surface area (Å²) in [5.74, 6) is 0.0341. The molecule has 2 heterocycles. The van der Waals surface area contributed by atoms with Gasteiger partial charge in [-0.1, -0.05) is 6.07 Å². The topological polar surface area (TPSA) is 79.5 Å². The van der Waals surface area contributed by atoms with Gasteiger partial charge in [0, 0.05) is 36.5 Å². The molecule has 1 aliphatic carbocycles. The molecule has 0 spiro atoms. The first-order valence-electron chi connectivity index (χ1n) is 7.18. The van der Waals surface area contributed by atoms with Crippen molar-refractivity contribution in [3.05, 3.63) is 41.4 Å². The number of aromatic nitrogens is 2. The van der Waals surface area contributed by atoms with Crippen molar-refractivity contribution in [3.63, 3.8) is 0 Å². The highest BCUT2D eigenvalue weighted by Gasteiger charge is 2.30. The summed E-state index contributed by atoms with van der Waals surface area (Å²) in [5.41, 5.74) is 4.02. The number of esters is 1. The molecule has 0 radical (unpaired) electrons. The van der Waals surface area contributed by atoms with Crippen LogP contribution in [-0.2, 0) is 4.74 Å². The van der Waals surface area contributed by atoms with Crippen LogP contribution in [0.25, 0.3) is 11.1 Å². The number of allylic oxidation sites excluding steroid dienone is 1. The van der Waals surface area contributed by atoms with Crippen LogP contribution in [0, 0.1) is 5.41 Å². The zero-order chi connectivity index (χ0) is 15.7. The van der Waals surface area contributed by atoms with Crippen LogP contribution in [0.2, 0.25) is 0 Å². The molecular weight excluding hydrogens is 280 g/mol. The molecule has 0 saturated heterocycles. The van der Waals surface area contributed by atoms with Gasteiger partial charge in [0.15, 0.2) is 0 Å². The van der Waals surface area contributed by atoms with Crippen molar-refractivity contribution in [2.75, 3.05) is 14.2 Å². The van der Waals surface area contributed by atoms with Crippen LogP contribution in [0.15, 0.2) is 24.5 Å². The lowest BCUT2D eigenvalue weighted by molar-refractivity contribution is 0.0603. The van der Waals surface area contributed by atoms with E-state index in [2.05, 4.69) is 10.4 Å². The predicted molar refractivity (Wildman–Crippen MR) is 84.3 cm³/mol. The smallest absolute Gasteiger partial charge is 0.341 e. The number of hydrogen-bond donors (Lipinski definition) is 2. The summed E-state index contributed by atoms with van der Waals surface area (Å²) in [6.07, 6.45) is 6.87. The number of ether oxygens (including phenoxy) is 1. The Balaban J connectivity index is 2.23. The third kappa shape index (κ3) is 2.26.